The summed E-state index contributed by atoms with van der Waals surface area (Å²) in [7, 11) is 0. The van der Waals surface area contributed by atoms with E-state index in [2.05, 4.69) is 32.7 Å². The van der Waals surface area contributed by atoms with Gasteiger partial charge in [-0.05, 0) is 43.4 Å². The Morgan fingerprint density at radius 2 is 2.23 bits per heavy atom. The van der Waals surface area contributed by atoms with Crippen LogP contribution in [0.1, 0.15) is 59.3 Å². The Bertz CT molecular complexity index is 446. The third-order valence-electron chi connectivity index (χ3n) is 5.26. The van der Waals surface area contributed by atoms with E-state index in [0.29, 0.717) is 37.0 Å². The highest BCUT2D eigenvalue weighted by molar-refractivity contribution is 5.92. The average molecular weight is 307 g/mol. The van der Waals surface area contributed by atoms with Crippen molar-refractivity contribution in [3.63, 3.8) is 0 Å². The van der Waals surface area contributed by atoms with Crippen molar-refractivity contribution in [2.24, 2.45) is 17.8 Å². The Labute approximate surface area is 133 Å². The molecule has 2 aliphatic rings. The molecule has 124 valence electrons. The highest BCUT2D eigenvalue weighted by atomic mass is 16.5. The zero-order valence-corrected chi connectivity index (χ0v) is 14.1. The van der Waals surface area contributed by atoms with Crippen LogP contribution in [0.15, 0.2) is 12.7 Å². The summed E-state index contributed by atoms with van der Waals surface area (Å²) in [6, 6.07) is 0. The Balaban J connectivity index is 2.10. The molecule has 1 N–H and O–H groups in total. The lowest BCUT2D eigenvalue weighted by molar-refractivity contribution is -0.164. The van der Waals surface area contributed by atoms with E-state index in [1.165, 1.54) is 6.42 Å². The molecule has 1 aliphatic heterocycles. The SMILES string of the molecule is C=CC[C@@]1(C(=O)O[C@H]2C[C@@H](C)CC[C@@H]2C(C)C)CCC(=O)N1. The maximum atomic E-state index is 12.8. The third kappa shape index (κ3) is 3.53. The molecule has 2 rings (SSSR count). The molecule has 1 heterocycles. The van der Waals surface area contributed by atoms with Gasteiger partial charge >= 0.3 is 5.97 Å². The summed E-state index contributed by atoms with van der Waals surface area (Å²) in [5.41, 5.74) is -0.888. The van der Waals surface area contributed by atoms with Crippen LogP contribution in [0, 0.1) is 17.8 Å². The number of hydrogen-bond donors (Lipinski definition) is 1. The molecule has 0 aromatic heterocycles. The van der Waals surface area contributed by atoms with E-state index in [0.717, 1.165) is 12.8 Å². The van der Waals surface area contributed by atoms with Gasteiger partial charge in [-0.2, -0.15) is 0 Å². The minimum atomic E-state index is -0.888. The third-order valence-corrected chi connectivity index (χ3v) is 5.26. The van der Waals surface area contributed by atoms with Crippen LogP contribution >= 0.6 is 0 Å². The lowest BCUT2D eigenvalue weighted by Gasteiger charge is -2.38. The fourth-order valence-corrected chi connectivity index (χ4v) is 3.86. The van der Waals surface area contributed by atoms with E-state index in [-0.39, 0.29) is 18.0 Å². The number of ether oxygens (including phenoxy) is 1. The smallest absolute Gasteiger partial charge is 0.332 e. The van der Waals surface area contributed by atoms with Crippen LogP contribution in [-0.2, 0) is 14.3 Å². The molecule has 4 atom stereocenters. The van der Waals surface area contributed by atoms with Crippen molar-refractivity contribution in [2.45, 2.75) is 70.9 Å². The van der Waals surface area contributed by atoms with Crippen LogP contribution in [-0.4, -0.2) is 23.5 Å². The first kappa shape index (κ1) is 17.0. The van der Waals surface area contributed by atoms with Crippen LogP contribution in [0.25, 0.3) is 0 Å². The topological polar surface area (TPSA) is 55.4 Å². The highest BCUT2D eigenvalue weighted by Crippen LogP contribution is 2.37. The Kier molecular flexibility index (Phi) is 5.30. The van der Waals surface area contributed by atoms with Crippen molar-refractivity contribution in [2.75, 3.05) is 0 Å². The van der Waals surface area contributed by atoms with Crippen molar-refractivity contribution in [3.05, 3.63) is 12.7 Å². The maximum absolute atomic E-state index is 12.8. The largest absolute Gasteiger partial charge is 0.460 e. The Morgan fingerprint density at radius 3 is 2.77 bits per heavy atom. The molecule has 1 aliphatic carbocycles. The summed E-state index contributed by atoms with van der Waals surface area (Å²) in [5, 5.41) is 2.83. The Hall–Kier alpha value is -1.32. The summed E-state index contributed by atoms with van der Waals surface area (Å²) >= 11 is 0. The fraction of sp³-hybridized carbons (Fsp3) is 0.778. The molecule has 4 nitrogen and oxygen atoms in total. The van der Waals surface area contributed by atoms with Gasteiger partial charge in [-0.15, -0.1) is 6.58 Å². The van der Waals surface area contributed by atoms with Crippen LogP contribution in [0.2, 0.25) is 0 Å². The summed E-state index contributed by atoms with van der Waals surface area (Å²) in [6.07, 6.45) is 6.22. The highest BCUT2D eigenvalue weighted by Gasteiger charge is 2.46. The number of esters is 1. The summed E-state index contributed by atoms with van der Waals surface area (Å²) in [4.78, 5) is 24.4. The van der Waals surface area contributed by atoms with Crippen molar-refractivity contribution >= 4 is 11.9 Å². The molecule has 0 unspecified atom stereocenters. The lowest BCUT2D eigenvalue weighted by atomic mass is 9.75. The van der Waals surface area contributed by atoms with Crippen LogP contribution in [0.5, 0.6) is 0 Å². The van der Waals surface area contributed by atoms with Crippen molar-refractivity contribution in [1.82, 2.24) is 5.32 Å². The second-order valence-corrected chi connectivity index (χ2v) is 7.39. The van der Waals surface area contributed by atoms with Gasteiger partial charge in [0.1, 0.15) is 11.6 Å². The van der Waals surface area contributed by atoms with Gasteiger partial charge in [-0.1, -0.05) is 33.3 Å². The first-order valence-electron chi connectivity index (χ1n) is 8.51. The minimum Gasteiger partial charge on any atom is -0.460 e. The van der Waals surface area contributed by atoms with E-state index in [1.807, 2.05) is 0 Å². The second kappa shape index (κ2) is 6.84. The molecule has 0 spiro atoms. The molecule has 0 aromatic rings. The van der Waals surface area contributed by atoms with Gasteiger partial charge in [0.2, 0.25) is 5.91 Å². The van der Waals surface area contributed by atoms with E-state index < -0.39 is 5.54 Å². The number of carbonyl (C=O) groups excluding carboxylic acids is 2. The lowest BCUT2D eigenvalue weighted by Crippen LogP contribution is -2.51. The number of nitrogens with one attached hydrogen (secondary N) is 1. The Morgan fingerprint density at radius 1 is 1.50 bits per heavy atom. The van der Waals surface area contributed by atoms with Gasteiger partial charge in [0, 0.05) is 6.42 Å². The molecule has 22 heavy (non-hydrogen) atoms. The summed E-state index contributed by atoms with van der Waals surface area (Å²) < 4.78 is 5.92. The van der Waals surface area contributed by atoms with Crippen LogP contribution in [0.4, 0.5) is 0 Å². The first-order chi connectivity index (χ1) is 10.4. The standard InChI is InChI=1S/C18H29NO3/c1-5-9-18(10-8-16(20)19-18)17(21)22-15-11-13(4)6-7-14(15)12(2)3/h5,12-15H,1,6-11H2,2-4H3,(H,19,20)/t13-,14+,15-,18-/m0/s1. The zero-order valence-electron chi connectivity index (χ0n) is 14.1. The van der Waals surface area contributed by atoms with Crippen LogP contribution in [0.3, 0.4) is 0 Å². The first-order valence-corrected chi connectivity index (χ1v) is 8.51. The quantitative estimate of drug-likeness (QED) is 0.627. The van der Waals surface area contributed by atoms with Gasteiger partial charge in [0.15, 0.2) is 0 Å². The normalized spacial score (nSPS) is 35.3. The van der Waals surface area contributed by atoms with Gasteiger partial charge < -0.3 is 10.1 Å². The minimum absolute atomic E-state index is 0.0320. The molecular formula is C18H29NO3. The fourth-order valence-electron chi connectivity index (χ4n) is 3.86. The molecule has 0 radical (unpaired) electrons. The van der Waals surface area contributed by atoms with Gasteiger partial charge in [0.25, 0.3) is 0 Å². The monoisotopic (exact) mass is 307 g/mol. The van der Waals surface area contributed by atoms with Crippen molar-refractivity contribution in [3.8, 4) is 0 Å². The second-order valence-electron chi connectivity index (χ2n) is 7.39. The molecule has 1 saturated carbocycles. The van der Waals surface area contributed by atoms with Crippen molar-refractivity contribution in [1.29, 1.82) is 0 Å². The van der Waals surface area contributed by atoms with Crippen molar-refractivity contribution < 1.29 is 14.3 Å². The van der Waals surface area contributed by atoms with Gasteiger partial charge in [-0.3, -0.25) is 4.79 Å². The summed E-state index contributed by atoms with van der Waals surface area (Å²) in [5.74, 6) is 1.15. The molecular weight excluding hydrogens is 278 g/mol. The van der Waals surface area contributed by atoms with E-state index >= 15 is 0 Å². The molecule has 2 fully saturated rings. The molecule has 1 saturated heterocycles. The number of carbonyl (C=O) groups is 2. The predicted molar refractivity (Wildman–Crippen MR) is 86.1 cm³/mol. The zero-order chi connectivity index (χ0) is 16.3. The predicted octanol–water partition coefficient (Wildman–Crippen LogP) is 3.22. The maximum Gasteiger partial charge on any atom is 0.332 e. The van der Waals surface area contributed by atoms with Crippen LogP contribution < -0.4 is 5.32 Å². The molecule has 1 amide bonds. The van der Waals surface area contributed by atoms with E-state index in [4.69, 9.17) is 4.74 Å². The molecule has 4 heteroatoms. The van der Waals surface area contributed by atoms with Gasteiger partial charge in [-0.25, -0.2) is 4.79 Å². The number of amides is 1. The van der Waals surface area contributed by atoms with E-state index in [9.17, 15) is 9.59 Å². The summed E-state index contributed by atoms with van der Waals surface area (Å²) in [6.45, 7) is 10.3. The molecule has 0 bridgehead atoms. The number of hydrogen-bond acceptors (Lipinski definition) is 3. The van der Waals surface area contributed by atoms with Gasteiger partial charge in [0.05, 0.1) is 0 Å². The number of rotatable bonds is 5. The average Bonchev–Trinajstić information content (AvgIpc) is 2.81. The molecule has 0 aromatic carbocycles. The van der Waals surface area contributed by atoms with E-state index in [1.54, 1.807) is 6.08 Å².